The average molecular weight is 410 g/mol. The Bertz CT molecular complexity index is 1070. The Hall–Kier alpha value is -2.89. The molecular weight excluding hydrogens is 389 g/mol. The summed E-state index contributed by atoms with van der Waals surface area (Å²) in [6.07, 6.45) is 1.12. The summed E-state index contributed by atoms with van der Waals surface area (Å²) in [7, 11) is 0. The molecule has 1 aliphatic heterocycles. The van der Waals surface area contributed by atoms with Crippen LogP contribution in [0.25, 0.3) is 22.3 Å². The molecule has 0 N–H and O–H groups in total. The highest BCUT2D eigenvalue weighted by Gasteiger charge is 2.24. The van der Waals surface area contributed by atoms with Gasteiger partial charge in [-0.25, -0.2) is 13.2 Å². The molecule has 0 saturated carbocycles. The van der Waals surface area contributed by atoms with E-state index < -0.39 is 17.9 Å². The smallest absolute Gasteiger partial charge is 0.176 e. The van der Waals surface area contributed by atoms with Gasteiger partial charge in [0, 0.05) is 11.5 Å². The summed E-state index contributed by atoms with van der Waals surface area (Å²) in [5, 5.41) is 0. The van der Waals surface area contributed by atoms with Crippen molar-refractivity contribution in [3.8, 4) is 22.3 Å². The van der Waals surface area contributed by atoms with E-state index in [0.717, 1.165) is 5.56 Å². The van der Waals surface area contributed by atoms with Crippen LogP contribution in [-0.4, -0.2) is 19.5 Å². The summed E-state index contributed by atoms with van der Waals surface area (Å²) in [5.74, 6) is -2.23. The predicted octanol–water partition coefficient (Wildman–Crippen LogP) is 6.39. The lowest BCUT2D eigenvalue weighted by atomic mass is 9.95. The van der Waals surface area contributed by atoms with Crippen LogP contribution in [0.2, 0.25) is 0 Å². The molecule has 1 heterocycles. The van der Waals surface area contributed by atoms with Crippen LogP contribution in [0.3, 0.4) is 0 Å². The maximum absolute atomic E-state index is 14.8. The van der Waals surface area contributed by atoms with Crippen molar-refractivity contribution in [2.24, 2.45) is 0 Å². The molecule has 1 fully saturated rings. The summed E-state index contributed by atoms with van der Waals surface area (Å²) in [6, 6.07) is 15.1. The van der Waals surface area contributed by atoms with E-state index in [1.807, 2.05) is 6.07 Å². The van der Waals surface area contributed by atoms with Crippen molar-refractivity contribution in [1.29, 1.82) is 0 Å². The zero-order valence-electron chi connectivity index (χ0n) is 16.5. The number of hydrogen-bond donors (Lipinski definition) is 0. The number of hydrogen-bond acceptors (Lipinski definition) is 2. The second-order valence-electron chi connectivity index (χ2n) is 7.34. The largest absolute Gasteiger partial charge is 0.348 e. The lowest BCUT2D eigenvalue weighted by Gasteiger charge is -2.28. The standard InChI is InChI=1S/C25H21F3O2/c1-3-23-29-13-19(14-30-23)20-11-9-18(12-22(20)26)16-5-7-17(8-6-16)21-10-4-15(2)24(27)25(21)28/h3-12,19,23H,1,13-14H2,2H3. The molecule has 2 nitrogen and oxygen atoms in total. The van der Waals surface area contributed by atoms with Crippen molar-refractivity contribution in [2.75, 3.05) is 13.2 Å². The number of benzene rings is 3. The topological polar surface area (TPSA) is 18.5 Å². The van der Waals surface area contributed by atoms with Crippen LogP contribution in [0, 0.1) is 24.4 Å². The summed E-state index contributed by atoms with van der Waals surface area (Å²) in [6.45, 7) is 5.86. The van der Waals surface area contributed by atoms with Crippen LogP contribution >= 0.6 is 0 Å². The first-order valence-electron chi connectivity index (χ1n) is 9.68. The van der Waals surface area contributed by atoms with Gasteiger partial charge in [0.15, 0.2) is 17.9 Å². The molecule has 0 spiro atoms. The molecule has 5 heteroatoms. The van der Waals surface area contributed by atoms with Crippen LogP contribution in [-0.2, 0) is 9.47 Å². The van der Waals surface area contributed by atoms with E-state index in [9.17, 15) is 13.2 Å². The normalized spacial score (nSPS) is 18.9. The van der Waals surface area contributed by atoms with Crippen LogP contribution in [0.4, 0.5) is 13.2 Å². The monoisotopic (exact) mass is 410 g/mol. The fourth-order valence-electron chi connectivity index (χ4n) is 3.58. The molecule has 4 rings (SSSR count). The molecule has 154 valence electrons. The minimum atomic E-state index is -0.867. The Balaban J connectivity index is 1.56. The number of ether oxygens (including phenoxy) is 2. The molecule has 0 radical (unpaired) electrons. The third-order valence-electron chi connectivity index (χ3n) is 5.36. The van der Waals surface area contributed by atoms with Gasteiger partial charge in [-0.15, -0.1) is 0 Å². The Morgan fingerprint density at radius 1 is 0.833 bits per heavy atom. The molecule has 1 saturated heterocycles. The summed E-state index contributed by atoms with van der Waals surface area (Å²) in [5.41, 5.74) is 3.02. The van der Waals surface area contributed by atoms with Crippen LogP contribution in [0.15, 0.2) is 67.3 Å². The average Bonchev–Trinajstić information content (AvgIpc) is 2.78. The molecule has 0 aromatic heterocycles. The fraction of sp³-hybridized carbons (Fsp3) is 0.200. The molecule has 0 amide bonds. The molecule has 3 aromatic carbocycles. The minimum Gasteiger partial charge on any atom is -0.348 e. The van der Waals surface area contributed by atoms with Crippen molar-refractivity contribution in [2.45, 2.75) is 19.1 Å². The van der Waals surface area contributed by atoms with E-state index >= 15 is 0 Å². The van der Waals surface area contributed by atoms with Crippen LogP contribution < -0.4 is 0 Å². The molecule has 0 bridgehead atoms. The Morgan fingerprint density at radius 3 is 2.10 bits per heavy atom. The van der Waals surface area contributed by atoms with Crippen molar-refractivity contribution < 1.29 is 22.6 Å². The molecule has 3 aromatic rings. The van der Waals surface area contributed by atoms with Gasteiger partial charge in [-0.2, -0.15) is 0 Å². The summed E-state index contributed by atoms with van der Waals surface area (Å²) < 4.78 is 53.8. The zero-order chi connectivity index (χ0) is 21.3. The van der Waals surface area contributed by atoms with Crippen LogP contribution in [0.5, 0.6) is 0 Å². The van der Waals surface area contributed by atoms with Gasteiger partial charge in [0.05, 0.1) is 13.2 Å². The maximum Gasteiger partial charge on any atom is 0.176 e. The molecule has 30 heavy (non-hydrogen) atoms. The first-order chi connectivity index (χ1) is 14.5. The van der Waals surface area contributed by atoms with Gasteiger partial charge >= 0.3 is 0 Å². The van der Waals surface area contributed by atoms with Crippen molar-refractivity contribution >= 4 is 0 Å². The Morgan fingerprint density at radius 2 is 1.47 bits per heavy atom. The molecule has 1 aliphatic rings. The van der Waals surface area contributed by atoms with Gasteiger partial charge in [0.1, 0.15) is 5.82 Å². The highest BCUT2D eigenvalue weighted by atomic mass is 19.2. The van der Waals surface area contributed by atoms with Gasteiger partial charge in [0.25, 0.3) is 0 Å². The quantitative estimate of drug-likeness (QED) is 0.464. The van der Waals surface area contributed by atoms with E-state index in [1.54, 1.807) is 48.5 Å². The first kappa shape index (κ1) is 20.4. The van der Waals surface area contributed by atoms with Gasteiger partial charge in [-0.05, 0) is 46.9 Å². The molecule has 0 atom stereocenters. The molecular formula is C25H21F3O2. The van der Waals surface area contributed by atoms with Crippen molar-refractivity contribution in [3.05, 3.63) is 95.8 Å². The van der Waals surface area contributed by atoms with Gasteiger partial charge in [-0.3, -0.25) is 0 Å². The highest BCUT2D eigenvalue weighted by Crippen LogP contribution is 2.31. The molecule has 0 unspecified atom stereocenters. The first-order valence-corrected chi connectivity index (χ1v) is 9.68. The lowest BCUT2D eigenvalue weighted by Crippen LogP contribution is -2.29. The number of aryl methyl sites for hydroxylation is 1. The summed E-state index contributed by atoms with van der Waals surface area (Å²) in [4.78, 5) is 0. The van der Waals surface area contributed by atoms with E-state index in [1.165, 1.54) is 13.0 Å². The third kappa shape index (κ3) is 3.91. The third-order valence-corrected chi connectivity index (χ3v) is 5.36. The van der Waals surface area contributed by atoms with E-state index in [-0.39, 0.29) is 22.9 Å². The van der Waals surface area contributed by atoms with E-state index in [4.69, 9.17) is 9.47 Å². The van der Waals surface area contributed by atoms with E-state index in [0.29, 0.717) is 29.9 Å². The van der Waals surface area contributed by atoms with Gasteiger partial charge < -0.3 is 9.47 Å². The lowest BCUT2D eigenvalue weighted by molar-refractivity contribution is -0.159. The molecule has 0 aliphatic carbocycles. The zero-order valence-corrected chi connectivity index (χ0v) is 16.5. The fourth-order valence-corrected chi connectivity index (χ4v) is 3.58. The van der Waals surface area contributed by atoms with Crippen LogP contribution in [0.1, 0.15) is 17.0 Å². The van der Waals surface area contributed by atoms with E-state index in [2.05, 4.69) is 6.58 Å². The highest BCUT2D eigenvalue weighted by molar-refractivity contribution is 5.71. The predicted molar refractivity (Wildman–Crippen MR) is 111 cm³/mol. The van der Waals surface area contributed by atoms with Gasteiger partial charge in [-0.1, -0.05) is 55.1 Å². The van der Waals surface area contributed by atoms with Crippen molar-refractivity contribution in [3.63, 3.8) is 0 Å². The number of halogens is 3. The summed E-state index contributed by atoms with van der Waals surface area (Å²) >= 11 is 0. The minimum absolute atomic E-state index is 0.183. The Labute approximate surface area is 173 Å². The Kier molecular flexibility index (Phi) is 5.75. The van der Waals surface area contributed by atoms with Crippen molar-refractivity contribution in [1.82, 2.24) is 0 Å². The second kappa shape index (κ2) is 8.46. The maximum atomic E-state index is 14.8. The van der Waals surface area contributed by atoms with Gasteiger partial charge in [0.2, 0.25) is 0 Å². The number of rotatable bonds is 4. The SMILES string of the molecule is C=CC1OCC(c2ccc(-c3ccc(-c4ccc(C)c(F)c4F)cc3)cc2F)CO1. The second-order valence-corrected chi connectivity index (χ2v) is 7.34.